The molecule has 12 heteroatoms. The first-order chi connectivity index (χ1) is 15.0. The first-order valence-electron chi connectivity index (χ1n) is 9.37. The number of halogens is 3. The molecule has 1 aromatic carbocycles. The highest BCUT2D eigenvalue weighted by molar-refractivity contribution is 7.93. The van der Waals surface area contributed by atoms with Crippen LogP contribution in [-0.2, 0) is 14.6 Å². The lowest BCUT2D eigenvalue weighted by Gasteiger charge is -2.40. The highest BCUT2D eigenvalue weighted by atomic mass is 35.5. The molecule has 0 saturated carbocycles. The van der Waals surface area contributed by atoms with Gasteiger partial charge in [0.2, 0.25) is 5.82 Å². The normalized spacial score (nSPS) is 17.4. The Morgan fingerprint density at radius 1 is 1.34 bits per heavy atom. The minimum atomic E-state index is -3.33. The van der Waals surface area contributed by atoms with E-state index >= 15 is 4.39 Å². The largest absolute Gasteiger partial charge is 0.479 e. The summed E-state index contributed by atoms with van der Waals surface area (Å²) >= 11 is 6.02. The molecule has 2 aromatic rings. The number of alkyl halides is 1. The molecule has 1 saturated heterocycles. The quantitative estimate of drug-likeness (QED) is 0.610. The van der Waals surface area contributed by atoms with Crippen LogP contribution in [0.1, 0.15) is 29.2 Å². The van der Waals surface area contributed by atoms with Crippen LogP contribution >= 0.6 is 11.6 Å². The number of ether oxygens (including phenoxy) is 2. The maximum absolute atomic E-state index is 15.2. The van der Waals surface area contributed by atoms with E-state index in [2.05, 4.69) is 15.3 Å². The molecule has 1 fully saturated rings. The summed E-state index contributed by atoms with van der Waals surface area (Å²) in [7, 11) is -3.33. The Kier molecular flexibility index (Phi) is 7.11. The van der Waals surface area contributed by atoms with Gasteiger partial charge < -0.3 is 14.8 Å². The zero-order valence-electron chi connectivity index (χ0n) is 17.1. The summed E-state index contributed by atoms with van der Waals surface area (Å²) in [5, 5.41) is 3.23. The molecule has 1 amide bonds. The van der Waals surface area contributed by atoms with Crippen LogP contribution in [0, 0.1) is 5.82 Å². The van der Waals surface area contributed by atoms with Crippen LogP contribution in [0.3, 0.4) is 0 Å². The van der Waals surface area contributed by atoms with Crippen molar-refractivity contribution in [3.63, 3.8) is 0 Å². The summed E-state index contributed by atoms with van der Waals surface area (Å²) in [4.78, 5) is 20.0. The average molecular weight is 488 g/mol. The topological polar surface area (TPSA) is 107 Å². The van der Waals surface area contributed by atoms with Gasteiger partial charge in [-0.1, -0.05) is 29.8 Å². The van der Waals surface area contributed by atoms with E-state index in [4.69, 9.17) is 21.1 Å². The zero-order chi connectivity index (χ0) is 23.5. The number of carbonyl (C=O) groups excluding carboxylic acids is 1. The van der Waals surface area contributed by atoms with Crippen LogP contribution in [0.4, 0.5) is 8.78 Å². The molecule has 172 valence electrons. The minimum Gasteiger partial charge on any atom is -0.479 e. The molecular weight excluding hydrogens is 468 g/mol. The van der Waals surface area contributed by atoms with Crippen molar-refractivity contribution >= 4 is 27.3 Å². The van der Waals surface area contributed by atoms with Gasteiger partial charge >= 0.3 is 0 Å². The number of hydrogen-bond acceptors (Lipinski definition) is 7. The fourth-order valence-corrected chi connectivity index (χ4v) is 3.58. The SMILES string of the molecule is C[C@H](/C=C/S(C)(=O)=O)NC(=O)c1ncc(O[C@H](c2cccc(F)c2Cl)C2(F)COC2)cn1. The predicted molar refractivity (Wildman–Crippen MR) is 112 cm³/mol. The summed E-state index contributed by atoms with van der Waals surface area (Å²) < 4.78 is 62.0. The van der Waals surface area contributed by atoms with Crippen LogP contribution in [-0.4, -0.2) is 55.5 Å². The van der Waals surface area contributed by atoms with Crippen molar-refractivity contribution in [3.8, 4) is 5.75 Å². The molecule has 0 spiro atoms. The molecule has 1 aromatic heterocycles. The van der Waals surface area contributed by atoms with Crippen molar-refractivity contribution in [3.05, 3.63) is 64.3 Å². The molecule has 0 unspecified atom stereocenters. The monoisotopic (exact) mass is 487 g/mol. The van der Waals surface area contributed by atoms with Gasteiger partial charge in [-0.25, -0.2) is 27.2 Å². The number of nitrogens with zero attached hydrogens (tertiary/aromatic N) is 2. The summed E-state index contributed by atoms with van der Waals surface area (Å²) in [6, 6.07) is 3.39. The molecule has 0 aliphatic carbocycles. The smallest absolute Gasteiger partial charge is 0.289 e. The number of rotatable bonds is 8. The molecule has 2 atom stereocenters. The van der Waals surface area contributed by atoms with Crippen LogP contribution < -0.4 is 10.1 Å². The van der Waals surface area contributed by atoms with Gasteiger partial charge in [0.25, 0.3) is 5.91 Å². The fraction of sp³-hybridized carbons (Fsp3) is 0.350. The highest BCUT2D eigenvalue weighted by Crippen LogP contribution is 2.42. The van der Waals surface area contributed by atoms with Gasteiger partial charge in [0.05, 0.1) is 30.6 Å². The lowest BCUT2D eigenvalue weighted by Crippen LogP contribution is -2.52. The predicted octanol–water partition coefficient (Wildman–Crippen LogP) is 2.80. The van der Waals surface area contributed by atoms with Crippen LogP contribution in [0.25, 0.3) is 0 Å². The lowest BCUT2D eigenvalue weighted by atomic mass is 9.90. The number of hydrogen-bond donors (Lipinski definition) is 1. The summed E-state index contributed by atoms with van der Waals surface area (Å²) in [5.41, 5.74) is -1.83. The Labute approximate surface area is 188 Å². The van der Waals surface area contributed by atoms with Crippen molar-refractivity contribution in [2.45, 2.75) is 24.7 Å². The van der Waals surface area contributed by atoms with Crippen molar-refractivity contribution in [2.24, 2.45) is 0 Å². The van der Waals surface area contributed by atoms with E-state index in [0.717, 1.165) is 17.7 Å². The fourth-order valence-electron chi connectivity index (χ4n) is 2.83. The Hall–Kier alpha value is -2.63. The first kappa shape index (κ1) is 24.0. The van der Waals surface area contributed by atoms with E-state index in [0.29, 0.717) is 0 Å². The van der Waals surface area contributed by atoms with Crippen molar-refractivity contribution in [2.75, 3.05) is 19.5 Å². The van der Waals surface area contributed by atoms with Gasteiger partial charge in [0.1, 0.15) is 5.82 Å². The number of carbonyl (C=O) groups is 1. The Morgan fingerprint density at radius 3 is 2.56 bits per heavy atom. The standard InChI is InChI=1S/C20H20ClF2N3O5S/c1-12(6-7-32(2,28)29)26-19(27)18-24-8-13(9-25-18)31-17(20(23)10-30-11-20)14-4-3-5-15(22)16(14)21/h3-9,12,17H,10-11H2,1-2H3,(H,26,27)/b7-6+/t12-,17-/m1/s1. The van der Waals surface area contributed by atoms with Gasteiger partial charge in [-0.2, -0.15) is 0 Å². The number of nitrogens with one attached hydrogen (secondary N) is 1. The third-order valence-corrected chi connectivity index (χ3v) is 5.53. The van der Waals surface area contributed by atoms with Crippen molar-refractivity contribution < 1.29 is 31.5 Å². The van der Waals surface area contributed by atoms with Gasteiger partial charge in [-0.05, 0) is 13.0 Å². The second-order valence-corrected chi connectivity index (χ2v) is 9.64. The van der Waals surface area contributed by atoms with Crippen LogP contribution in [0.15, 0.2) is 42.1 Å². The summed E-state index contributed by atoms with van der Waals surface area (Å²) in [6.07, 6.45) is 3.38. The molecule has 32 heavy (non-hydrogen) atoms. The van der Waals surface area contributed by atoms with E-state index in [9.17, 15) is 17.6 Å². The molecular formula is C20H20ClF2N3O5S. The molecule has 1 N–H and O–H groups in total. The average Bonchev–Trinajstić information content (AvgIpc) is 2.71. The molecule has 3 rings (SSSR count). The molecule has 0 radical (unpaired) electrons. The molecule has 1 aliphatic rings. The summed E-state index contributed by atoms with van der Waals surface area (Å²) in [5.74, 6) is -1.55. The van der Waals surface area contributed by atoms with Crippen molar-refractivity contribution in [1.29, 1.82) is 0 Å². The lowest BCUT2D eigenvalue weighted by molar-refractivity contribution is -0.178. The third-order valence-electron chi connectivity index (χ3n) is 4.48. The second kappa shape index (κ2) is 9.47. The number of aromatic nitrogens is 2. The molecule has 8 nitrogen and oxygen atoms in total. The van der Waals surface area contributed by atoms with E-state index in [1.54, 1.807) is 6.92 Å². The molecule has 1 aliphatic heterocycles. The maximum Gasteiger partial charge on any atom is 0.289 e. The van der Waals surface area contributed by atoms with Crippen LogP contribution in [0.2, 0.25) is 5.02 Å². The number of benzene rings is 1. The van der Waals surface area contributed by atoms with E-state index in [-0.39, 0.29) is 35.4 Å². The first-order valence-corrected chi connectivity index (χ1v) is 11.7. The van der Waals surface area contributed by atoms with Crippen LogP contribution in [0.5, 0.6) is 5.75 Å². The highest BCUT2D eigenvalue weighted by Gasteiger charge is 2.50. The Balaban J connectivity index is 1.75. The summed E-state index contributed by atoms with van der Waals surface area (Å²) in [6.45, 7) is 1.06. The number of sulfone groups is 1. The zero-order valence-corrected chi connectivity index (χ0v) is 18.7. The van der Waals surface area contributed by atoms with Gasteiger partial charge in [-0.3, -0.25) is 4.79 Å². The van der Waals surface area contributed by atoms with Gasteiger partial charge in [0.15, 0.2) is 27.4 Å². The van der Waals surface area contributed by atoms with Crippen molar-refractivity contribution in [1.82, 2.24) is 15.3 Å². The Bertz CT molecular complexity index is 1120. The second-order valence-electron chi connectivity index (χ2n) is 7.33. The van der Waals surface area contributed by atoms with Gasteiger partial charge in [0, 0.05) is 23.3 Å². The van der Waals surface area contributed by atoms with E-state index < -0.39 is 39.4 Å². The molecule has 2 heterocycles. The minimum absolute atomic E-state index is 0.0285. The number of amides is 1. The third kappa shape index (κ3) is 5.78. The molecule has 0 bridgehead atoms. The van der Waals surface area contributed by atoms with Gasteiger partial charge in [-0.15, -0.1) is 0 Å². The van der Waals surface area contributed by atoms with E-state index in [1.165, 1.54) is 30.6 Å². The maximum atomic E-state index is 15.2. The Morgan fingerprint density at radius 2 is 2.00 bits per heavy atom. The van der Waals surface area contributed by atoms with E-state index in [1.807, 2.05) is 0 Å².